The van der Waals surface area contributed by atoms with Crippen LogP contribution in [0.2, 0.25) is 0 Å². The van der Waals surface area contributed by atoms with E-state index in [1.165, 1.54) is 5.57 Å². The maximum Gasteiger partial charge on any atom is 0.0196 e. The number of allylic oxidation sites excluding steroid dienone is 1. The van der Waals surface area contributed by atoms with Gasteiger partial charge in [-0.2, -0.15) is 0 Å². The molecule has 0 unspecified atom stereocenters. The van der Waals surface area contributed by atoms with Crippen LogP contribution in [-0.2, 0) is 0 Å². The monoisotopic (exact) mass is 165 g/mol. The van der Waals surface area contributed by atoms with Gasteiger partial charge in [-0.25, -0.2) is 0 Å². The molecule has 0 aromatic carbocycles. The van der Waals surface area contributed by atoms with Crippen molar-refractivity contribution < 1.29 is 0 Å². The lowest BCUT2D eigenvalue weighted by Crippen LogP contribution is -2.25. The lowest BCUT2D eigenvalue weighted by atomic mass is 10.2. The summed E-state index contributed by atoms with van der Waals surface area (Å²) in [5, 5.41) is 0. The summed E-state index contributed by atoms with van der Waals surface area (Å²) >= 11 is 0. The van der Waals surface area contributed by atoms with E-state index in [0.717, 1.165) is 19.6 Å². The number of hydrogen-bond acceptors (Lipinski definition) is 1. The Bertz CT molecular complexity index is 158. The summed E-state index contributed by atoms with van der Waals surface area (Å²) in [5.74, 6) is 0. The Hall–Kier alpha value is -0.820. The van der Waals surface area contributed by atoms with Gasteiger partial charge in [0.15, 0.2) is 0 Å². The average Bonchev–Trinajstić information content (AvgIpc) is 2.05. The standard InChI is InChI=1S/C11H19N/c1-5-8-12(9-6-2)10-11(4)7-3/h5-7H,1-2,8-10H2,3-4H3/b11-7+. The van der Waals surface area contributed by atoms with Gasteiger partial charge in [0.05, 0.1) is 0 Å². The molecular formula is C11H19N. The normalized spacial score (nSPS) is 11.8. The molecule has 0 bridgehead atoms. The van der Waals surface area contributed by atoms with Crippen molar-refractivity contribution in [1.29, 1.82) is 0 Å². The van der Waals surface area contributed by atoms with E-state index >= 15 is 0 Å². The van der Waals surface area contributed by atoms with Crippen molar-refractivity contribution in [2.24, 2.45) is 0 Å². The van der Waals surface area contributed by atoms with Crippen LogP contribution >= 0.6 is 0 Å². The van der Waals surface area contributed by atoms with Crippen LogP contribution < -0.4 is 0 Å². The van der Waals surface area contributed by atoms with E-state index in [4.69, 9.17) is 0 Å². The molecule has 0 saturated carbocycles. The Morgan fingerprint density at radius 3 is 2.08 bits per heavy atom. The van der Waals surface area contributed by atoms with Crippen molar-refractivity contribution in [2.45, 2.75) is 13.8 Å². The smallest absolute Gasteiger partial charge is 0.0196 e. The maximum absolute atomic E-state index is 3.72. The lowest BCUT2D eigenvalue weighted by molar-refractivity contribution is 0.364. The van der Waals surface area contributed by atoms with Gasteiger partial charge in [-0.05, 0) is 13.8 Å². The third-order valence-electron chi connectivity index (χ3n) is 1.74. The van der Waals surface area contributed by atoms with Crippen LogP contribution in [0.5, 0.6) is 0 Å². The van der Waals surface area contributed by atoms with Crippen LogP contribution in [0.25, 0.3) is 0 Å². The predicted molar refractivity (Wildman–Crippen MR) is 56.3 cm³/mol. The fourth-order valence-corrected chi connectivity index (χ4v) is 1.01. The van der Waals surface area contributed by atoms with Gasteiger partial charge in [0.25, 0.3) is 0 Å². The molecule has 0 heterocycles. The Kier molecular flexibility index (Phi) is 6.39. The molecule has 0 atom stereocenters. The van der Waals surface area contributed by atoms with E-state index < -0.39 is 0 Å². The first-order chi connectivity index (χ1) is 5.74. The molecule has 0 saturated heterocycles. The van der Waals surface area contributed by atoms with Crippen LogP contribution in [0.4, 0.5) is 0 Å². The molecule has 0 aliphatic carbocycles. The zero-order chi connectivity index (χ0) is 9.40. The highest BCUT2D eigenvalue weighted by atomic mass is 15.1. The van der Waals surface area contributed by atoms with E-state index in [1.54, 1.807) is 0 Å². The van der Waals surface area contributed by atoms with Gasteiger partial charge >= 0.3 is 0 Å². The summed E-state index contributed by atoms with van der Waals surface area (Å²) < 4.78 is 0. The minimum absolute atomic E-state index is 0.928. The van der Waals surface area contributed by atoms with Gasteiger partial charge in [0.2, 0.25) is 0 Å². The van der Waals surface area contributed by atoms with Gasteiger partial charge in [-0.3, -0.25) is 4.90 Å². The average molecular weight is 165 g/mol. The zero-order valence-electron chi connectivity index (χ0n) is 8.21. The zero-order valence-corrected chi connectivity index (χ0v) is 8.21. The topological polar surface area (TPSA) is 3.24 Å². The van der Waals surface area contributed by atoms with E-state index in [-0.39, 0.29) is 0 Å². The van der Waals surface area contributed by atoms with E-state index in [0.29, 0.717) is 0 Å². The maximum atomic E-state index is 3.72. The first-order valence-corrected chi connectivity index (χ1v) is 4.30. The number of nitrogens with zero attached hydrogens (tertiary/aromatic N) is 1. The molecular weight excluding hydrogens is 146 g/mol. The highest BCUT2D eigenvalue weighted by molar-refractivity contribution is 5.00. The summed E-state index contributed by atoms with van der Waals surface area (Å²) in [4.78, 5) is 2.29. The van der Waals surface area contributed by atoms with E-state index in [9.17, 15) is 0 Å². The van der Waals surface area contributed by atoms with Crippen molar-refractivity contribution in [1.82, 2.24) is 4.90 Å². The fourth-order valence-electron chi connectivity index (χ4n) is 1.01. The molecule has 0 amide bonds. The van der Waals surface area contributed by atoms with Crippen LogP contribution in [0.3, 0.4) is 0 Å². The minimum Gasteiger partial charge on any atom is -0.292 e. The molecule has 0 aromatic heterocycles. The van der Waals surface area contributed by atoms with Crippen molar-refractivity contribution >= 4 is 0 Å². The summed E-state index contributed by atoms with van der Waals surface area (Å²) in [5.41, 5.74) is 1.39. The second-order valence-corrected chi connectivity index (χ2v) is 2.91. The van der Waals surface area contributed by atoms with Gasteiger partial charge in [0.1, 0.15) is 0 Å². The van der Waals surface area contributed by atoms with E-state index in [1.807, 2.05) is 12.2 Å². The molecule has 1 heteroatoms. The van der Waals surface area contributed by atoms with Crippen molar-refractivity contribution in [3.8, 4) is 0 Å². The molecule has 0 spiro atoms. The van der Waals surface area contributed by atoms with Gasteiger partial charge in [-0.1, -0.05) is 23.8 Å². The summed E-state index contributed by atoms with van der Waals surface area (Å²) in [6.45, 7) is 14.5. The highest BCUT2D eigenvalue weighted by Gasteiger charge is 1.99. The molecule has 0 aromatic rings. The van der Waals surface area contributed by atoms with Gasteiger partial charge in [0, 0.05) is 19.6 Å². The Balaban J connectivity index is 3.92. The summed E-state index contributed by atoms with van der Waals surface area (Å²) in [7, 11) is 0. The molecule has 1 nitrogen and oxygen atoms in total. The van der Waals surface area contributed by atoms with Crippen LogP contribution in [0.15, 0.2) is 37.0 Å². The highest BCUT2D eigenvalue weighted by Crippen LogP contribution is 1.98. The second kappa shape index (κ2) is 6.86. The van der Waals surface area contributed by atoms with Gasteiger partial charge < -0.3 is 0 Å². The largest absolute Gasteiger partial charge is 0.292 e. The SMILES string of the molecule is C=CCN(CC=C)C/C(C)=C/C. The molecule has 0 radical (unpaired) electrons. The third kappa shape index (κ3) is 4.91. The first-order valence-electron chi connectivity index (χ1n) is 4.30. The van der Waals surface area contributed by atoms with Crippen LogP contribution in [0, 0.1) is 0 Å². The Morgan fingerprint density at radius 2 is 1.75 bits per heavy atom. The Morgan fingerprint density at radius 1 is 1.25 bits per heavy atom. The molecule has 0 N–H and O–H groups in total. The van der Waals surface area contributed by atoms with Gasteiger partial charge in [-0.15, -0.1) is 13.2 Å². The fraction of sp³-hybridized carbons (Fsp3) is 0.455. The summed E-state index contributed by atoms with van der Waals surface area (Å²) in [6, 6.07) is 0. The first kappa shape index (κ1) is 11.2. The molecule has 0 rings (SSSR count). The van der Waals surface area contributed by atoms with Crippen molar-refractivity contribution in [3.63, 3.8) is 0 Å². The molecule has 0 aliphatic rings. The Labute approximate surface area is 76.1 Å². The van der Waals surface area contributed by atoms with Crippen molar-refractivity contribution in [2.75, 3.05) is 19.6 Å². The van der Waals surface area contributed by atoms with Crippen molar-refractivity contribution in [3.05, 3.63) is 37.0 Å². The quantitative estimate of drug-likeness (QED) is 0.547. The molecule has 0 fully saturated rings. The predicted octanol–water partition coefficient (Wildman–Crippen LogP) is 2.63. The third-order valence-corrected chi connectivity index (χ3v) is 1.74. The molecule has 68 valence electrons. The van der Waals surface area contributed by atoms with Crippen LogP contribution in [0.1, 0.15) is 13.8 Å². The minimum atomic E-state index is 0.928. The molecule has 12 heavy (non-hydrogen) atoms. The summed E-state index contributed by atoms with van der Waals surface area (Å²) in [6.07, 6.45) is 5.98. The number of rotatable bonds is 6. The lowest BCUT2D eigenvalue weighted by Gasteiger charge is -2.18. The van der Waals surface area contributed by atoms with E-state index in [2.05, 4.69) is 38.0 Å². The molecule has 0 aliphatic heterocycles. The second-order valence-electron chi connectivity index (χ2n) is 2.91. The number of hydrogen-bond donors (Lipinski definition) is 0. The van der Waals surface area contributed by atoms with Crippen LogP contribution in [-0.4, -0.2) is 24.5 Å².